The SMILES string of the molecule is CNCCc1ccc(S(=O)(=O)N2CC(C)CCC2C)cc1. The molecule has 0 spiro atoms. The van der Waals surface area contributed by atoms with Crippen molar-refractivity contribution in [2.24, 2.45) is 5.92 Å². The summed E-state index contributed by atoms with van der Waals surface area (Å²) >= 11 is 0. The maximum absolute atomic E-state index is 12.8. The topological polar surface area (TPSA) is 49.4 Å². The average molecular weight is 310 g/mol. The van der Waals surface area contributed by atoms with E-state index < -0.39 is 10.0 Å². The normalized spacial score (nSPS) is 24.1. The molecule has 0 radical (unpaired) electrons. The molecule has 2 atom stereocenters. The molecule has 21 heavy (non-hydrogen) atoms. The zero-order valence-corrected chi connectivity index (χ0v) is 14.0. The molecule has 5 heteroatoms. The zero-order valence-electron chi connectivity index (χ0n) is 13.2. The fourth-order valence-corrected chi connectivity index (χ4v) is 4.60. The number of piperidine rings is 1. The minimum absolute atomic E-state index is 0.0927. The van der Waals surface area contributed by atoms with Crippen molar-refractivity contribution in [3.8, 4) is 0 Å². The predicted molar refractivity (Wildman–Crippen MR) is 85.8 cm³/mol. The molecule has 1 aromatic rings. The highest BCUT2D eigenvalue weighted by atomic mass is 32.2. The molecular formula is C16H26N2O2S. The van der Waals surface area contributed by atoms with Crippen molar-refractivity contribution >= 4 is 10.0 Å². The van der Waals surface area contributed by atoms with Crippen molar-refractivity contribution in [2.75, 3.05) is 20.1 Å². The maximum Gasteiger partial charge on any atom is 0.243 e. The second-order valence-electron chi connectivity index (χ2n) is 6.10. The lowest BCUT2D eigenvalue weighted by atomic mass is 9.97. The summed E-state index contributed by atoms with van der Waals surface area (Å²) in [4.78, 5) is 0.414. The van der Waals surface area contributed by atoms with E-state index in [9.17, 15) is 8.42 Å². The van der Waals surface area contributed by atoms with Crippen LogP contribution in [0.3, 0.4) is 0 Å². The van der Waals surface area contributed by atoms with Crippen LogP contribution in [0, 0.1) is 5.92 Å². The number of rotatable bonds is 5. The first kappa shape index (κ1) is 16.5. The highest BCUT2D eigenvalue weighted by Crippen LogP contribution is 2.27. The molecule has 2 unspecified atom stereocenters. The lowest BCUT2D eigenvalue weighted by Gasteiger charge is -2.35. The molecule has 1 aromatic carbocycles. The van der Waals surface area contributed by atoms with Crippen LogP contribution in [0.4, 0.5) is 0 Å². The molecule has 0 aromatic heterocycles. The molecule has 1 N–H and O–H groups in total. The lowest BCUT2D eigenvalue weighted by molar-refractivity contribution is 0.218. The van der Waals surface area contributed by atoms with Crippen LogP contribution in [0.25, 0.3) is 0 Å². The van der Waals surface area contributed by atoms with Gasteiger partial charge in [0.25, 0.3) is 0 Å². The van der Waals surface area contributed by atoms with Crippen molar-refractivity contribution in [2.45, 2.75) is 44.0 Å². The third kappa shape index (κ3) is 3.84. The standard InChI is InChI=1S/C16H26N2O2S/c1-13-4-5-14(2)18(12-13)21(19,20)16-8-6-15(7-9-16)10-11-17-3/h6-9,13-14,17H,4-5,10-12H2,1-3H3. The molecule has 0 bridgehead atoms. The van der Waals surface area contributed by atoms with Gasteiger partial charge in [0.05, 0.1) is 4.90 Å². The molecule has 4 nitrogen and oxygen atoms in total. The fourth-order valence-electron chi connectivity index (χ4n) is 2.82. The Morgan fingerprint density at radius 2 is 1.86 bits per heavy atom. The third-order valence-electron chi connectivity index (χ3n) is 4.25. The van der Waals surface area contributed by atoms with E-state index in [1.165, 1.54) is 0 Å². The third-order valence-corrected chi connectivity index (χ3v) is 6.25. The van der Waals surface area contributed by atoms with Crippen LogP contribution >= 0.6 is 0 Å². The quantitative estimate of drug-likeness (QED) is 0.907. The largest absolute Gasteiger partial charge is 0.319 e. The Balaban J connectivity index is 2.18. The van der Waals surface area contributed by atoms with Crippen LogP contribution < -0.4 is 5.32 Å². The Bertz CT molecular complexity index is 554. The smallest absolute Gasteiger partial charge is 0.243 e. The first-order chi connectivity index (χ1) is 9.95. The van der Waals surface area contributed by atoms with Crippen LogP contribution in [0.2, 0.25) is 0 Å². The van der Waals surface area contributed by atoms with Gasteiger partial charge in [-0.15, -0.1) is 0 Å². The highest BCUT2D eigenvalue weighted by Gasteiger charge is 2.33. The van der Waals surface area contributed by atoms with Crippen LogP contribution in [-0.2, 0) is 16.4 Å². The van der Waals surface area contributed by atoms with Crippen LogP contribution in [0.1, 0.15) is 32.3 Å². The monoisotopic (exact) mass is 310 g/mol. The molecule has 2 rings (SSSR count). The van der Waals surface area contributed by atoms with Gasteiger partial charge in [-0.2, -0.15) is 4.31 Å². The predicted octanol–water partition coefficient (Wildman–Crippen LogP) is 2.26. The van der Waals surface area contributed by atoms with E-state index in [1.807, 2.05) is 26.1 Å². The van der Waals surface area contributed by atoms with Crippen LogP contribution in [0.5, 0.6) is 0 Å². The summed E-state index contributed by atoms with van der Waals surface area (Å²) in [6, 6.07) is 7.42. The number of nitrogens with zero attached hydrogens (tertiary/aromatic N) is 1. The van der Waals surface area contributed by atoms with Crippen molar-refractivity contribution in [1.29, 1.82) is 0 Å². The van der Waals surface area contributed by atoms with E-state index in [4.69, 9.17) is 0 Å². The van der Waals surface area contributed by atoms with Gasteiger partial charge < -0.3 is 5.32 Å². The maximum atomic E-state index is 12.8. The molecule has 0 aliphatic carbocycles. The van der Waals surface area contributed by atoms with E-state index in [0.29, 0.717) is 17.4 Å². The fraction of sp³-hybridized carbons (Fsp3) is 0.625. The molecular weight excluding hydrogens is 284 g/mol. The minimum atomic E-state index is -3.36. The first-order valence-corrected chi connectivity index (χ1v) is 9.14. The Morgan fingerprint density at radius 1 is 1.19 bits per heavy atom. The Hall–Kier alpha value is -0.910. The summed E-state index contributed by atoms with van der Waals surface area (Å²) in [6.07, 6.45) is 2.96. The van der Waals surface area contributed by atoms with Gasteiger partial charge in [0.1, 0.15) is 0 Å². The molecule has 1 aliphatic rings. The molecule has 118 valence electrons. The Labute approximate surface area is 128 Å². The lowest BCUT2D eigenvalue weighted by Crippen LogP contribution is -2.44. The van der Waals surface area contributed by atoms with Gasteiger partial charge in [0.15, 0.2) is 0 Å². The van der Waals surface area contributed by atoms with Crippen molar-refractivity contribution in [1.82, 2.24) is 9.62 Å². The van der Waals surface area contributed by atoms with Crippen LogP contribution in [0.15, 0.2) is 29.2 Å². The number of likely N-dealkylation sites (N-methyl/N-ethyl adjacent to an activating group) is 1. The van der Waals surface area contributed by atoms with Gasteiger partial charge in [-0.05, 0) is 63.4 Å². The van der Waals surface area contributed by atoms with Gasteiger partial charge in [0, 0.05) is 12.6 Å². The first-order valence-electron chi connectivity index (χ1n) is 7.70. The minimum Gasteiger partial charge on any atom is -0.319 e. The summed E-state index contributed by atoms with van der Waals surface area (Å²) < 4.78 is 27.2. The average Bonchev–Trinajstić information content (AvgIpc) is 2.48. The van der Waals surface area contributed by atoms with E-state index >= 15 is 0 Å². The molecule has 0 amide bonds. The molecule has 1 aliphatic heterocycles. The molecule has 0 saturated carbocycles. The Morgan fingerprint density at radius 3 is 2.48 bits per heavy atom. The van der Waals surface area contributed by atoms with E-state index in [-0.39, 0.29) is 6.04 Å². The van der Waals surface area contributed by atoms with Gasteiger partial charge in [-0.3, -0.25) is 0 Å². The van der Waals surface area contributed by atoms with Crippen LogP contribution in [-0.4, -0.2) is 38.9 Å². The Kier molecular flexibility index (Phi) is 5.41. The number of hydrogen-bond donors (Lipinski definition) is 1. The second-order valence-corrected chi connectivity index (χ2v) is 7.99. The van der Waals surface area contributed by atoms with E-state index in [0.717, 1.165) is 31.4 Å². The van der Waals surface area contributed by atoms with E-state index in [1.54, 1.807) is 16.4 Å². The molecule has 1 fully saturated rings. The number of sulfonamides is 1. The van der Waals surface area contributed by atoms with Gasteiger partial charge >= 0.3 is 0 Å². The summed E-state index contributed by atoms with van der Waals surface area (Å²) in [5, 5.41) is 3.10. The van der Waals surface area contributed by atoms with Gasteiger partial charge in [-0.25, -0.2) is 8.42 Å². The number of hydrogen-bond acceptors (Lipinski definition) is 3. The van der Waals surface area contributed by atoms with Crippen molar-refractivity contribution in [3.05, 3.63) is 29.8 Å². The second kappa shape index (κ2) is 6.90. The summed E-state index contributed by atoms with van der Waals surface area (Å²) in [5.41, 5.74) is 1.16. The summed E-state index contributed by atoms with van der Waals surface area (Å²) in [6.45, 7) is 5.65. The van der Waals surface area contributed by atoms with Crippen molar-refractivity contribution < 1.29 is 8.42 Å². The number of benzene rings is 1. The summed E-state index contributed by atoms with van der Waals surface area (Å²) in [7, 11) is -1.45. The molecule has 1 heterocycles. The number of nitrogens with one attached hydrogen (secondary N) is 1. The van der Waals surface area contributed by atoms with E-state index in [2.05, 4.69) is 12.2 Å². The van der Waals surface area contributed by atoms with Gasteiger partial charge in [0.2, 0.25) is 10.0 Å². The van der Waals surface area contributed by atoms with Crippen molar-refractivity contribution in [3.63, 3.8) is 0 Å². The molecule has 1 saturated heterocycles. The summed E-state index contributed by atoms with van der Waals surface area (Å²) in [5.74, 6) is 0.436. The van der Waals surface area contributed by atoms with Gasteiger partial charge in [-0.1, -0.05) is 19.1 Å². The highest BCUT2D eigenvalue weighted by molar-refractivity contribution is 7.89. The zero-order chi connectivity index (χ0) is 15.5.